The van der Waals surface area contributed by atoms with E-state index in [4.69, 9.17) is 11.6 Å². The van der Waals surface area contributed by atoms with Gasteiger partial charge in [-0.15, -0.1) is 0 Å². The largest absolute Gasteiger partial charge is 0.396 e. The first kappa shape index (κ1) is 17.2. The highest BCUT2D eigenvalue weighted by Crippen LogP contribution is 2.27. The number of anilines is 1. The Morgan fingerprint density at radius 1 is 1.20 bits per heavy atom. The van der Waals surface area contributed by atoms with Crippen LogP contribution >= 0.6 is 11.6 Å². The maximum Gasteiger partial charge on any atom is 0.137 e. The average Bonchev–Trinajstić information content (AvgIpc) is 2.25. The number of hydrogen-bond acceptors (Lipinski definition) is 4. The summed E-state index contributed by atoms with van der Waals surface area (Å²) in [5.41, 5.74) is -0.141. The van der Waals surface area contributed by atoms with Crippen molar-refractivity contribution in [2.75, 3.05) is 11.9 Å². The van der Waals surface area contributed by atoms with Gasteiger partial charge >= 0.3 is 0 Å². The monoisotopic (exact) mass is 299 g/mol. The standard InChI is InChI=1S/C15H26ClN3O/c1-14(2,3)10(7-8-20)17-12-9-11(16)18-13(19-12)15(4,5)6/h9-10,20H,7-8H2,1-6H3,(H,17,18,19). The molecule has 4 nitrogen and oxygen atoms in total. The Balaban J connectivity index is 3.04. The van der Waals surface area contributed by atoms with Crippen LogP contribution in [0.1, 0.15) is 53.8 Å². The molecule has 0 aliphatic rings. The lowest BCUT2D eigenvalue weighted by Crippen LogP contribution is -2.35. The molecular formula is C15H26ClN3O. The number of aromatic nitrogens is 2. The lowest BCUT2D eigenvalue weighted by Gasteiger charge is -2.32. The van der Waals surface area contributed by atoms with Crippen molar-refractivity contribution < 1.29 is 5.11 Å². The second kappa shape index (κ2) is 6.27. The fourth-order valence-electron chi connectivity index (χ4n) is 1.86. The van der Waals surface area contributed by atoms with E-state index in [1.54, 1.807) is 6.07 Å². The van der Waals surface area contributed by atoms with Crippen LogP contribution in [0.15, 0.2) is 6.07 Å². The van der Waals surface area contributed by atoms with Gasteiger partial charge in [-0.05, 0) is 11.8 Å². The lowest BCUT2D eigenvalue weighted by molar-refractivity contribution is 0.235. The molecule has 1 unspecified atom stereocenters. The van der Waals surface area contributed by atoms with Gasteiger partial charge < -0.3 is 10.4 Å². The normalized spacial score (nSPS) is 14.2. The third kappa shape index (κ3) is 4.91. The molecule has 0 saturated carbocycles. The van der Waals surface area contributed by atoms with E-state index >= 15 is 0 Å². The molecule has 0 radical (unpaired) electrons. The molecule has 2 N–H and O–H groups in total. The summed E-state index contributed by atoms with van der Waals surface area (Å²) < 4.78 is 0. The summed E-state index contributed by atoms with van der Waals surface area (Å²) in [4.78, 5) is 8.84. The van der Waals surface area contributed by atoms with Gasteiger partial charge in [0.15, 0.2) is 0 Å². The second-order valence-electron chi connectivity index (χ2n) is 7.22. The zero-order chi connectivity index (χ0) is 15.6. The van der Waals surface area contributed by atoms with Crippen molar-refractivity contribution in [1.29, 1.82) is 0 Å². The zero-order valence-corrected chi connectivity index (χ0v) is 14.0. The second-order valence-corrected chi connectivity index (χ2v) is 7.61. The van der Waals surface area contributed by atoms with Crippen molar-refractivity contribution in [3.05, 3.63) is 17.0 Å². The molecule has 0 amide bonds. The predicted molar refractivity (Wildman–Crippen MR) is 84.3 cm³/mol. The van der Waals surface area contributed by atoms with Crippen LogP contribution in [-0.4, -0.2) is 27.7 Å². The number of aliphatic hydroxyl groups excluding tert-OH is 1. The minimum Gasteiger partial charge on any atom is -0.396 e. The minimum atomic E-state index is -0.157. The van der Waals surface area contributed by atoms with Gasteiger partial charge in [0.2, 0.25) is 0 Å². The van der Waals surface area contributed by atoms with E-state index in [1.807, 2.05) is 0 Å². The van der Waals surface area contributed by atoms with Gasteiger partial charge in [0.25, 0.3) is 0 Å². The molecular weight excluding hydrogens is 274 g/mol. The van der Waals surface area contributed by atoms with Crippen LogP contribution in [-0.2, 0) is 5.41 Å². The molecule has 0 spiro atoms. The fourth-order valence-corrected chi connectivity index (χ4v) is 2.04. The van der Waals surface area contributed by atoms with Crippen LogP contribution in [0.5, 0.6) is 0 Å². The summed E-state index contributed by atoms with van der Waals surface area (Å²) in [5.74, 6) is 1.42. The molecule has 5 heteroatoms. The van der Waals surface area contributed by atoms with Crippen LogP contribution < -0.4 is 5.32 Å². The average molecular weight is 300 g/mol. The SMILES string of the molecule is CC(C)(C)c1nc(Cl)cc(NC(CCO)C(C)(C)C)n1. The molecule has 1 aromatic heterocycles. The lowest BCUT2D eigenvalue weighted by atomic mass is 9.85. The van der Waals surface area contributed by atoms with E-state index in [0.29, 0.717) is 23.2 Å². The molecule has 1 heterocycles. The van der Waals surface area contributed by atoms with E-state index in [2.05, 4.69) is 56.8 Å². The van der Waals surface area contributed by atoms with Gasteiger partial charge in [-0.1, -0.05) is 53.1 Å². The summed E-state index contributed by atoms with van der Waals surface area (Å²) in [6, 6.07) is 1.85. The van der Waals surface area contributed by atoms with E-state index in [9.17, 15) is 5.11 Å². The van der Waals surface area contributed by atoms with Crippen LogP contribution in [0, 0.1) is 5.41 Å². The molecule has 0 bridgehead atoms. The van der Waals surface area contributed by atoms with E-state index < -0.39 is 0 Å². The van der Waals surface area contributed by atoms with E-state index in [1.165, 1.54) is 0 Å². The van der Waals surface area contributed by atoms with Crippen molar-refractivity contribution in [3.63, 3.8) is 0 Å². The van der Waals surface area contributed by atoms with Crippen molar-refractivity contribution >= 4 is 17.4 Å². The minimum absolute atomic E-state index is 0.0159. The molecule has 1 atom stereocenters. The molecule has 0 fully saturated rings. The summed E-state index contributed by atoms with van der Waals surface area (Å²) in [5, 5.41) is 13.0. The summed E-state index contributed by atoms with van der Waals surface area (Å²) >= 11 is 6.09. The summed E-state index contributed by atoms with van der Waals surface area (Å²) in [6.45, 7) is 12.7. The first-order valence-electron chi connectivity index (χ1n) is 6.96. The number of rotatable bonds is 4. The maximum atomic E-state index is 9.22. The molecule has 0 saturated heterocycles. The molecule has 0 aromatic carbocycles. The topological polar surface area (TPSA) is 58.0 Å². The molecule has 0 aliphatic heterocycles. The molecule has 0 aliphatic carbocycles. The Labute approximate surface area is 127 Å². The van der Waals surface area contributed by atoms with Gasteiger partial charge in [0.1, 0.15) is 16.8 Å². The Hall–Kier alpha value is -0.870. The summed E-state index contributed by atoms with van der Waals surface area (Å²) in [6.07, 6.45) is 0.663. The van der Waals surface area contributed by atoms with E-state index in [-0.39, 0.29) is 23.5 Å². The number of hydrogen-bond donors (Lipinski definition) is 2. The molecule has 114 valence electrons. The third-order valence-corrected chi connectivity index (χ3v) is 3.34. The van der Waals surface area contributed by atoms with Gasteiger partial charge in [-0.2, -0.15) is 0 Å². The van der Waals surface area contributed by atoms with E-state index in [0.717, 1.165) is 0 Å². The Bertz CT molecular complexity index is 449. The Morgan fingerprint density at radius 3 is 2.25 bits per heavy atom. The Morgan fingerprint density at radius 2 is 1.80 bits per heavy atom. The van der Waals surface area contributed by atoms with Gasteiger partial charge in [0.05, 0.1) is 0 Å². The fraction of sp³-hybridized carbons (Fsp3) is 0.733. The van der Waals surface area contributed by atoms with Gasteiger partial charge in [0, 0.05) is 24.1 Å². The highest BCUT2D eigenvalue weighted by Gasteiger charge is 2.25. The highest BCUT2D eigenvalue weighted by atomic mass is 35.5. The number of aliphatic hydroxyl groups is 1. The maximum absolute atomic E-state index is 9.22. The summed E-state index contributed by atoms with van der Waals surface area (Å²) in [7, 11) is 0. The van der Waals surface area contributed by atoms with Crippen LogP contribution in [0.25, 0.3) is 0 Å². The van der Waals surface area contributed by atoms with Gasteiger partial charge in [-0.25, -0.2) is 9.97 Å². The van der Waals surface area contributed by atoms with Crippen molar-refractivity contribution in [2.24, 2.45) is 5.41 Å². The third-order valence-electron chi connectivity index (χ3n) is 3.15. The quantitative estimate of drug-likeness (QED) is 0.834. The molecule has 1 rings (SSSR count). The van der Waals surface area contributed by atoms with Crippen LogP contribution in [0.4, 0.5) is 5.82 Å². The highest BCUT2D eigenvalue weighted by molar-refractivity contribution is 6.29. The van der Waals surface area contributed by atoms with Crippen molar-refractivity contribution in [3.8, 4) is 0 Å². The Kier molecular flexibility index (Phi) is 5.39. The molecule has 20 heavy (non-hydrogen) atoms. The first-order valence-corrected chi connectivity index (χ1v) is 7.34. The van der Waals surface area contributed by atoms with Crippen molar-refractivity contribution in [1.82, 2.24) is 9.97 Å². The number of nitrogens with zero attached hydrogens (tertiary/aromatic N) is 2. The number of nitrogens with one attached hydrogen (secondary N) is 1. The zero-order valence-electron chi connectivity index (χ0n) is 13.3. The first-order chi connectivity index (χ1) is 9.04. The predicted octanol–water partition coefficient (Wildman–Crippen LogP) is 3.64. The smallest absolute Gasteiger partial charge is 0.137 e. The number of halogens is 1. The van der Waals surface area contributed by atoms with Gasteiger partial charge in [-0.3, -0.25) is 0 Å². The van der Waals surface area contributed by atoms with Crippen molar-refractivity contribution in [2.45, 2.75) is 59.4 Å². The van der Waals surface area contributed by atoms with Crippen LogP contribution in [0.3, 0.4) is 0 Å². The van der Waals surface area contributed by atoms with Crippen LogP contribution in [0.2, 0.25) is 5.15 Å². The molecule has 1 aromatic rings.